The summed E-state index contributed by atoms with van der Waals surface area (Å²) in [5.74, 6) is -0.872. The van der Waals surface area contributed by atoms with Gasteiger partial charge in [-0.1, -0.05) is 42.5 Å². The first-order valence-electron chi connectivity index (χ1n) is 9.48. The molecule has 154 valence electrons. The van der Waals surface area contributed by atoms with Gasteiger partial charge in [0.25, 0.3) is 11.8 Å². The van der Waals surface area contributed by atoms with Crippen molar-refractivity contribution in [1.82, 2.24) is 5.32 Å². The highest BCUT2D eigenvalue weighted by molar-refractivity contribution is 6.39. The molecule has 0 radical (unpaired) electrons. The number of urea groups is 1. The predicted molar refractivity (Wildman–Crippen MR) is 114 cm³/mol. The molecule has 4 amide bonds. The number of carbonyl (C=O) groups excluding carboxylic acids is 3. The normalized spacial score (nSPS) is 15.2. The molecule has 3 aromatic carbocycles. The van der Waals surface area contributed by atoms with Crippen LogP contribution in [-0.2, 0) is 16.2 Å². The molecule has 0 atom stereocenters. The third kappa shape index (κ3) is 4.45. The maximum Gasteiger partial charge on any atom is 0.335 e. The Balaban J connectivity index is 1.53. The van der Waals surface area contributed by atoms with Gasteiger partial charge in [-0.2, -0.15) is 0 Å². The first-order chi connectivity index (χ1) is 15.0. The minimum atomic E-state index is -0.823. The summed E-state index contributed by atoms with van der Waals surface area (Å²) in [6, 6.07) is 21.3. The maximum atomic E-state index is 12.9. The molecule has 1 fully saturated rings. The van der Waals surface area contributed by atoms with Gasteiger partial charge in [0.1, 0.15) is 23.7 Å². The van der Waals surface area contributed by atoms with Gasteiger partial charge in [-0.05, 0) is 53.6 Å². The van der Waals surface area contributed by atoms with Crippen LogP contribution in [0, 0.1) is 0 Å². The van der Waals surface area contributed by atoms with Crippen LogP contribution in [0.1, 0.15) is 11.1 Å². The Morgan fingerprint density at radius 2 is 1.55 bits per heavy atom. The zero-order valence-corrected chi connectivity index (χ0v) is 16.3. The molecule has 2 N–H and O–H groups in total. The molecule has 0 saturated carbocycles. The molecule has 0 aliphatic carbocycles. The van der Waals surface area contributed by atoms with E-state index in [0.29, 0.717) is 23.6 Å². The average molecular weight is 414 g/mol. The van der Waals surface area contributed by atoms with Gasteiger partial charge in [-0.3, -0.25) is 14.9 Å². The van der Waals surface area contributed by atoms with E-state index in [4.69, 9.17) is 4.74 Å². The van der Waals surface area contributed by atoms with Crippen LogP contribution in [0.4, 0.5) is 10.5 Å². The second-order valence-corrected chi connectivity index (χ2v) is 6.82. The molecule has 0 aromatic heterocycles. The summed E-state index contributed by atoms with van der Waals surface area (Å²) in [5, 5.41) is 11.6. The lowest BCUT2D eigenvalue weighted by Crippen LogP contribution is -2.54. The van der Waals surface area contributed by atoms with Crippen molar-refractivity contribution in [3.8, 4) is 11.5 Å². The van der Waals surface area contributed by atoms with Crippen molar-refractivity contribution < 1.29 is 24.2 Å². The number of barbiturate groups is 1. The van der Waals surface area contributed by atoms with Crippen LogP contribution in [-0.4, -0.2) is 23.0 Å². The molecule has 7 nitrogen and oxygen atoms in total. The molecule has 31 heavy (non-hydrogen) atoms. The van der Waals surface area contributed by atoms with Crippen molar-refractivity contribution >= 4 is 29.6 Å². The molecule has 1 aliphatic rings. The lowest BCUT2D eigenvalue weighted by molar-refractivity contribution is -0.122. The van der Waals surface area contributed by atoms with E-state index >= 15 is 0 Å². The van der Waals surface area contributed by atoms with Gasteiger partial charge in [0.05, 0.1) is 5.69 Å². The lowest BCUT2D eigenvalue weighted by Gasteiger charge is -2.26. The van der Waals surface area contributed by atoms with Crippen LogP contribution in [0.25, 0.3) is 6.08 Å². The number of ether oxygens (including phenoxy) is 1. The van der Waals surface area contributed by atoms with Crippen molar-refractivity contribution in [2.75, 3.05) is 4.90 Å². The van der Waals surface area contributed by atoms with E-state index in [9.17, 15) is 19.5 Å². The number of imide groups is 2. The van der Waals surface area contributed by atoms with Crippen LogP contribution in [0.15, 0.2) is 84.4 Å². The molecule has 7 heteroatoms. The minimum absolute atomic E-state index is 0.0629. The molecular weight excluding hydrogens is 396 g/mol. The van der Waals surface area contributed by atoms with Crippen LogP contribution < -0.4 is 15.0 Å². The molecule has 4 rings (SSSR count). The van der Waals surface area contributed by atoms with Gasteiger partial charge >= 0.3 is 6.03 Å². The number of phenolic OH excluding ortho intramolecular Hbond substituents is 1. The lowest BCUT2D eigenvalue weighted by atomic mass is 10.1. The minimum Gasteiger partial charge on any atom is -0.508 e. The van der Waals surface area contributed by atoms with E-state index in [1.165, 1.54) is 18.2 Å². The third-order valence-electron chi connectivity index (χ3n) is 4.65. The number of carbonyl (C=O) groups is 3. The summed E-state index contributed by atoms with van der Waals surface area (Å²) in [6.45, 7) is 0.386. The van der Waals surface area contributed by atoms with Crippen LogP contribution in [0.5, 0.6) is 11.5 Å². The van der Waals surface area contributed by atoms with Crippen molar-refractivity contribution in [3.05, 3.63) is 95.6 Å². The number of nitrogens with one attached hydrogen (secondary N) is 1. The van der Waals surface area contributed by atoms with Gasteiger partial charge < -0.3 is 9.84 Å². The fourth-order valence-corrected chi connectivity index (χ4v) is 3.06. The van der Waals surface area contributed by atoms with Gasteiger partial charge in [-0.25, -0.2) is 9.69 Å². The van der Waals surface area contributed by atoms with Crippen molar-refractivity contribution in [3.63, 3.8) is 0 Å². The van der Waals surface area contributed by atoms with Crippen LogP contribution >= 0.6 is 0 Å². The summed E-state index contributed by atoms with van der Waals surface area (Å²) in [6.07, 6.45) is 1.37. The van der Waals surface area contributed by atoms with E-state index in [1.54, 1.807) is 36.4 Å². The number of benzene rings is 3. The average Bonchev–Trinajstić information content (AvgIpc) is 2.78. The number of hydrogen-bond acceptors (Lipinski definition) is 5. The van der Waals surface area contributed by atoms with Gasteiger partial charge in [0.15, 0.2) is 0 Å². The number of rotatable bonds is 5. The topological polar surface area (TPSA) is 95.9 Å². The summed E-state index contributed by atoms with van der Waals surface area (Å²) >= 11 is 0. The Hall–Kier alpha value is -4.39. The predicted octanol–water partition coefficient (Wildman–Crippen LogP) is 3.64. The Morgan fingerprint density at radius 3 is 2.23 bits per heavy atom. The van der Waals surface area contributed by atoms with Crippen LogP contribution in [0.3, 0.4) is 0 Å². The number of phenols is 1. The number of hydrogen-bond donors (Lipinski definition) is 2. The number of anilines is 1. The van der Waals surface area contributed by atoms with E-state index in [2.05, 4.69) is 5.32 Å². The second-order valence-electron chi connectivity index (χ2n) is 6.82. The van der Waals surface area contributed by atoms with E-state index in [-0.39, 0.29) is 11.3 Å². The van der Waals surface area contributed by atoms with Crippen molar-refractivity contribution in [2.24, 2.45) is 0 Å². The zero-order valence-electron chi connectivity index (χ0n) is 16.3. The molecule has 3 aromatic rings. The number of amides is 4. The Labute approximate surface area is 178 Å². The molecule has 1 saturated heterocycles. The quantitative estimate of drug-likeness (QED) is 0.491. The van der Waals surface area contributed by atoms with E-state index in [0.717, 1.165) is 10.5 Å². The smallest absolute Gasteiger partial charge is 0.335 e. The highest BCUT2D eigenvalue weighted by Crippen LogP contribution is 2.25. The van der Waals surface area contributed by atoms with Crippen LogP contribution in [0.2, 0.25) is 0 Å². The Bertz CT molecular complexity index is 1150. The molecule has 0 spiro atoms. The molecule has 0 unspecified atom stereocenters. The maximum absolute atomic E-state index is 12.9. The molecule has 1 aliphatic heterocycles. The SMILES string of the molecule is O=C1NC(=O)N(c2ccc(OCc3ccccc3)cc2)C(=O)/C1=C/c1ccc(O)cc1. The fraction of sp³-hybridized carbons (Fsp3) is 0.0417. The van der Waals surface area contributed by atoms with Crippen molar-refractivity contribution in [1.29, 1.82) is 0 Å². The Kier molecular flexibility index (Phi) is 5.49. The van der Waals surface area contributed by atoms with Crippen molar-refractivity contribution in [2.45, 2.75) is 6.61 Å². The van der Waals surface area contributed by atoms with E-state index < -0.39 is 17.8 Å². The summed E-state index contributed by atoms with van der Waals surface area (Å²) in [7, 11) is 0. The Morgan fingerprint density at radius 1 is 0.871 bits per heavy atom. The van der Waals surface area contributed by atoms with Gasteiger partial charge in [-0.15, -0.1) is 0 Å². The number of aromatic hydroxyl groups is 1. The molecular formula is C24H18N2O5. The number of nitrogens with zero attached hydrogens (tertiary/aromatic N) is 1. The first-order valence-corrected chi connectivity index (χ1v) is 9.48. The third-order valence-corrected chi connectivity index (χ3v) is 4.65. The summed E-state index contributed by atoms with van der Waals surface area (Å²) < 4.78 is 5.72. The van der Waals surface area contributed by atoms with Gasteiger partial charge in [0, 0.05) is 0 Å². The monoisotopic (exact) mass is 414 g/mol. The molecule has 1 heterocycles. The van der Waals surface area contributed by atoms with Gasteiger partial charge in [0.2, 0.25) is 0 Å². The standard InChI is InChI=1S/C24H18N2O5/c27-19-10-6-16(7-11-19)14-21-22(28)25-24(30)26(23(21)29)18-8-12-20(13-9-18)31-15-17-4-2-1-3-5-17/h1-14,27H,15H2,(H,25,28,30)/b21-14+. The largest absolute Gasteiger partial charge is 0.508 e. The zero-order chi connectivity index (χ0) is 21.8. The summed E-state index contributed by atoms with van der Waals surface area (Å²) in [4.78, 5) is 38.4. The van der Waals surface area contributed by atoms with E-state index in [1.807, 2.05) is 30.3 Å². The fourth-order valence-electron chi connectivity index (χ4n) is 3.06. The summed E-state index contributed by atoms with van der Waals surface area (Å²) in [5.41, 5.74) is 1.67. The second kappa shape index (κ2) is 8.54. The molecule has 0 bridgehead atoms. The first kappa shape index (κ1) is 19.9. The highest BCUT2D eigenvalue weighted by atomic mass is 16.5. The highest BCUT2D eigenvalue weighted by Gasteiger charge is 2.36.